The van der Waals surface area contributed by atoms with Crippen LogP contribution in [0.15, 0.2) is 40.9 Å². The molecule has 0 unspecified atom stereocenters. The summed E-state index contributed by atoms with van der Waals surface area (Å²) in [5.74, 6) is 2.71. The molecule has 8 rings (SSSR count). The standard InChI is InChI=1S/C30H40N2O2/c1-27-11-4-12-29-24(27)9-13-28-16-22(18-34-23-7-5-20(6-8-23)10-14-32(2)3)21(15-25(28)29)17-30(28,33)26(29)31-19-27/h5-8,16,19,21,24-26,33H,4,9-15,17-18H2,1-3H3/t21-,24-,25-,26-,27+,28+,29+,30+/m1/s1. The second kappa shape index (κ2) is 6.97. The maximum atomic E-state index is 12.4. The Morgan fingerprint density at radius 1 is 1.12 bits per heavy atom. The Morgan fingerprint density at radius 3 is 2.74 bits per heavy atom. The zero-order valence-electron chi connectivity index (χ0n) is 21.1. The SMILES string of the molecule is CN(C)CCc1ccc(OCC2=C[C@]34CC[C@H]5[C@]67CCC[C@@]5(C)C=N[C@H]6[C@@]3(O)C[C@H]2C[C@@H]74)cc1. The molecule has 8 atom stereocenters. The molecule has 1 aliphatic heterocycles. The fraction of sp³-hybridized carbons (Fsp3) is 0.700. The first-order valence-electron chi connectivity index (χ1n) is 13.7. The quantitative estimate of drug-likeness (QED) is 0.614. The number of hydrogen-bond donors (Lipinski definition) is 1. The van der Waals surface area contributed by atoms with Crippen molar-refractivity contribution in [3.05, 3.63) is 41.5 Å². The van der Waals surface area contributed by atoms with Gasteiger partial charge in [0.25, 0.3) is 0 Å². The maximum Gasteiger partial charge on any atom is 0.119 e. The van der Waals surface area contributed by atoms with Crippen molar-refractivity contribution in [2.75, 3.05) is 27.2 Å². The van der Waals surface area contributed by atoms with Crippen LogP contribution in [0.2, 0.25) is 0 Å². The number of aliphatic imine (C=N–C) groups is 1. The van der Waals surface area contributed by atoms with Crippen molar-refractivity contribution in [1.82, 2.24) is 4.90 Å². The Morgan fingerprint density at radius 2 is 1.94 bits per heavy atom. The Balaban J connectivity index is 1.16. The van der Waals surface area contributed by atoms with E-state index in [-0.39, 0.29) is 22.3 Å². The first-order chi connectivity index (χ1) is 16.3. The molecule has 0 amide bonds. The third-order valence-corrected chi connectivity index (χ3v) is 11.4. The van der Waals surface area contributed by atoms with Crippen LogP contribution in [0.3, 0.4) is 0 Å². The number of aliphatic hydroxyl groups is 1. The van der Waals surface area contributed by atoms with E-state index in [1.165, 1.54) is 43.2 Å². The number of likely N-dealkylation sites (N-methyl/N-ethyl adjacent to an activating group) is 1. The average Bonchev–Trinajstić information content (AvgIpc) is 2.87. The number of nitrogens with zero attached hydrogens (tertiary/aromatic N) is 2. The lowest BCUT2D eigenvalue weighted by Gasteiger charge is -2.63. The van der Waals surface area contributed by atoms with Gasteiger partial charge in [0.05, 0.1) is 11.6 Å². The summed E-state index contributed by atoms with van der Waals surface area (Å²) in [5.41, 5.74) is 2.54. The number of benzene rings is 1. The molecule has 1 aromatic carbocycles. The van der Waals surface area contributed by atoms with Gasteiger partial charge in [-0.05, 0) is 100 Å². The van der Waals surface area contributed by atoms with Crippen molar-refractivity contribution in [1.29, 1.82) is 0 Å². The van der Waals surface area contributed by atoms with Crippen LogP contribution >= 0.6 is 0 Å². The van der Waals surface area contributed by atoms with Gasteiger partial charge in [0.15, 0.2) is 0 Å². The van der Waals surface area contributed by atoms with Crippen molar-refractivity contribution in [2.24, 2.45) is 39.0 Å². The van der Waals surface area contributed by atoms with E-state index in [9.17, 15) is 5.11 Å². The van der Waals surface area contributed by atoms with Gasteiger partial charge in [-0.25, -0.2) is 0 Å². The van der Waals surface area contributed by atoms with E-state index in [4.69, 9.17) is 9.73 Å². The number of rotatable bonds is 6. The van der Waals surface area contributed by atoms with Crippen LogP contribution in [-0.2, 0) is 6.42 Å². The van der Waals surface area contributed by atoms with Crippen molar-refractivity contribution in [3.63, 3.8) is 0 Å². The Kier molecular flexibility index (Phi) is 4.43. The van der Waals surface area contributed by atoms with Gasteiger partial charge in [0, 0.05) is 29.0 Å². The van der Waals surface area contributed by atoms with Gasteiger partial charge < -0.3 is 14.7 Å². The fourth-order valence-corrected chi connectivity index (χ4v) is 10.1. The zero-order valence-corrected chi connectivity index (χ0v) is 21.1. The van der Waals surface area contributed by atoms with Crippen molar-refractivity contribution >= 4 is 6.21 Å². The van der Waals surface area contributed by atoms with Crippen molar-refractivity contribution in [2.45, 2.75) is 69.9 Å². The third-order valence-electron chi connectivity index (χ3n) is 11.4. The van der Waals surface area contributed by atoms with Crippen LogP contribution in [0.25, 0.3) is 0 Å². The molecule has 1 heterocycles. The van der Waals surface area contributed by atoms with Gasteiger partial charge in [-0.15, -0.1) is 0 Å². The van der Waals surface area contributed by atoms with E-state index in [2.05, 4.69) is 62.5 Å². The highest BCUT2D eigenvalue weighted by Gasteiger charge is 2.82. The molecule has 2 spiro atoms. The van der Waals surface area contributed by atoms with Crippen LogP contribution in [0, 0.1) is 34.0 Å². The van der Waals surface area contributed by atoms with Crippen LogP contribution in [0.4, 0.5) is 0 Å². The average molecular weight is 461 g/mol. The van der Waals surface area contributed by atoms with Crippen molar-refractivity contribution < 1.29 is 9.84 Å². The minimum Gasteiger partial charge on any atom is -0.489 e. The van der Waals surface area contributed by atoms with E-state index < -0.39 is 5.60 Å². The maximum absolute atomic E-state index is 12.4. The van der Waals surface area contributed by atoms with E-state index in [1.807, 2.05) is 0 Å². The molecule has 1 N–H and O–H groups in total. The molecular formula is C30H40N2O2. The second-order valence-electron chi connectivity index (χ2n) is 13.1. The third kappa shape index (κ3) is 2.55. The lowest BCUT2D eigenvalue weighted by Crippen LogP contribution is -2.59. The van der Waals surface area contributed by atoms with Gasteiger partial charge in [-0.2, -0.15) is 0 Å². The van der Waals surface area contributed by atoms with E-state index in [0.717, 1.165) is 31.6 Å². The molecule has 1 aromatic rings. The van der Waals surface area contributed by atoms with Crippen LogP contribution < -0.4 is 4.74 Å². The molecule has 0 radical (unpaired) electrons. The molecule has 7 aliphatic rings. The molecule has 4 fully saturated rings. The molecule has 4 nitrogen and oxygen atoms in total. The summed E-state index contributed by atoms with van der Waals surface area (Å²) in [6.45, 7) is 4.18. The summed E-state index contributed by atoms with van der Waals surface area (Å²) in [7, 11) is 4.23. The molecule has 34 heavy (non-hydrogen) atoms. The lowest BCUT2D eigenvalue weighted by molar-refractivity contribution is -0.133. The van der Waals surface area contributed by atoms with Crippen molar-refractivity contribution in [3.8, 4) is 5.75 Å². The summed E-state index contributed by atoms with van der Waals surface area (Å²) in [6, 6.07) is 8.76. The minimum atomic E-state index is -0.651. The fourth-order valence-electron chi connectivity index (χ4n) is 10.1. The second-order valence-corrected chi connectivity index (χ2v) is 13.1. The van der Waals surface area contributed by atoms with Gasteiger partial charge in [-0.1, -0.05) is 31.6 Å². The Bertz CT molecular complexity index is 1060. The van der Waals surface area contributed by atoms with Crippen LogP contribution in [0.5, 0.6) is 5.75 Å². The van der Waals surface area contributed by atoms with Gasteiger partial charge in [0.1, 0.15) is 12.4 Å². The summed E-state index contributed by atoms with van der Waals surface area (Å²) >= 11 is 0. The van der Waals surface area contributed by atoms with Gasteiger partial charge in [-0.3, -0.25) is 4.99 Å². The highest BCUT2D eigenvalue weighted by atomic mass is 16.5. The summed E-state index contributed by atoms with van der Waals surface area (Å²) in [4.78, 5) is 7.44. The van der Waals surface area contributed by atoms with Crippen LogP contribution in [0.1, 0.15) is 57.4 Å². The highest BCUT2D eigenvalue weighted by Crippen LogP contribution is 2.82. The summed E-state index contributed by atoms with van der Waals surface area (Å²) in [6.07, 6.45) is 14.2. The van der Waals surface area contributed by atoms with Gasteiger partial charge >= 0.3 is 0 Å². The highest BCUT2D eigenvalue weighted by molar-refractivity contribution is 5.70. The largest absolute Gasteiger partial charge is 0.489 e. The van der Waals surface area contributed by atoms with Crippen LogP contribution in [-0.4, -0.2) is 55.1 Å². The molecule has 6 bridgehead atoms. The van der Waals surface area contributed by atoms with E-state index in [0.29, 0.717) is 24.4 Å². The lowest BCUT2D eigenvalue weighted by atomic mass is 9.41. The van der Waals surface area contributed by atoms with E-state index >= 15 is 0 Å². The Hall–Kier alpha value is -1.65. The first kappa shape index (κ1) is 21.6. The molecule has 0 aromatic heterocycles. The zero-order chi connectivity index (χ0) is 23.3. The number of hydrogen-bond acceptors (Lipinski definition) is 4. The predicted octanol–water partition coefficient (Wildman–Crippen LogP) is 4.91. The van der Waals surface area contributed by atoms with Gasteiger partial charge in [0.2, 0.25) is 0 Å². The summed E-state index contributed by atoms with van der Waals surface area (Å²) < 4.78 is 6.33. The molecule has 4 heteroatoms. The number of ether oxygens (including phenoxy) is 1. The molecule has 182 valence electrons. The smallest absolute Gasteiger partial charge is 0.119 e. The Labute approximate surface area is 204 Å². The molecular weight excluding hydrogens is 420 g/mol. The molecule has 6 aliphatic carbocycles. The topological polar surface area (TPSA) is 45.1 Å². The molecule has 0 saturated heterocycles. The monoisotopic (exact) mass is 460 g/mol. The first-order valence-corrected chi connectivity index (χ1v) is 13.7. The minimum absolute atomic E-state index is 0.0857. The predicted molar refractivity (Wildman–Crippen MR) is 135 cm³/mol. The summed E-state index contributed by atoms with van der Waals surface area (Å²) in [5, 5.41) is 12.4. The van der Waals surface area contributed by atoms with E-state index in [1.54, 1.807) is 0 Å². The molecule has 4 saturated carbocycles. The normalized spacial score (nSPS) is 47.1.